The molecule has 0 atom stereocenters. The predicted octanol–water partition coefficient (Wildman–Crippen LogP) is 1.88. The van der Waals surface area contributed by atoms with Crippen molar-refractivity contribution >= 4 is 17.7 Å². The Morgan fingerprint density at radius 1 is 1.38 bits per heavy atom. The van der Waals surface area contributed by atoms with E-state index in [4.69, 9.17) is 4.74 Å². The van der Waals surface area contributed by atoms with Gasteiger partial charge in [0.15, 0.2) is 5.96 Å². The summed E-state index contributed by atoms with van der Waals surface area (Å²) < 4.78 is 5.01. The first-order valence-corrected chi connectivity index (χ1v) is 8.66. The smallest absolute Gasteiger partial charge is 0.409 e. The maximum absolute atomic E-state index is 11.7. The molecule has 9 nitrogen and oxygen atoms in total. The number of nitro benzene ring substituents is 1. The first-order valence-electron chi connectivity index (χ1n) is 8.66. The number of nitro groups is 1. The average molecular weight is 363 g/mol. The van der Waals surface area contributed by atoms with E-state index in [1.54, 1.807) is 37.1 Å². The Balaban J connectivity index is 1.84. The monoisotopic (exact) mass is 363 g/mol. The highest BCUT2D eigenvalue weighted by molar-refractivity contribution is 5.80. The van der Waals surface area contributed by atoms with Crippen LogP contribution in [0, 0.1) is 10.1 Å². The number of aliphatic imine (C=N–C) groups is 1. The minimum atomic E-state index is -0.391. The van der Waals surface area contributed by atoms with E-state index in [2.05, 4.69) is 15.6 Å². The molecule has 1 aromatic carbocycles. The Kier molecular flexibility index (Phi) is 7.19. The van der Waals surface area contributed by atoms with Crippen molar-refractivity contribution in [2.24, 2.45) is 4.99 Å². The van der Waals surface area contributed by atoms with Crippen LogP contribution in [-0.4, -0.2) is 54.7 Å². The number of carbonyl (C=O) groups is 1. The molecule has 1 aliphatic rings. The quantitative estimate of drug-likeness (QED) is 0.358. The molecule has 1 aromatic rings. The van der Waals surface area contributed by atoms with Crippen LogP contribution in [0.5, 0.6) is 0 Å². The van der Waals surface area contributed by atoms with E-state index in [1.165, 1.54) is 6.07 Å². The second-order valence-electron chi connectivity index (χ2n) is 5.92. The first-order chi connectivity index (χ1) is 12.5. The molecule has 0 bridgehead atoms. The summed E-state index contributed by atoms with van der Waals surface area (Å²) in [6.07, 6.45) is 1.29. The number of hydrogen-bond acceptors (Lipinski definition) is 5. The van der Waals surface area contributed by atoms with Gasteiger partial charge >= 0.3 is 6.09 Å². The highest BCUT2D eigenvalue weighted by Crippen LogP contribution is 2.17. The third-order valence-corrected chi connectivity index (χ3v) is 4.22. The number of rotatable bonds is 5. The highest BCUT2D eigenvalue weighted by Gasteiger charge is 2.24. The predicted molar refractivity (Wildman–Crippen MR) is 98.0 cm³/mol. The van der Waals surface area contributed by atoms with E-state index < -0.39 is 4.92 Å². The van der Waals surface area contributed by atoms with E-state index in [9.17, 15) is 14.9 Å². The maximum Gasteiger partial charge on any atom is 0.409 e. The van der Waals surface area contributed by atoms with Crippen molar-refractivity contribution in [3.8, 4) is 0 Å². The number of amides is 1. The Bertz CT molecular complexity index is 656. The molecule has 2 rings (SSSR count). The van der Waals surface area contributed by atoms with Crippen LogP contribution in [0.2, 0.25) is 0 Å². The lowest BCUT2D eigenvalue weighted by Crippen LogP contribution is -2.49. The van der Waals surface area contributed by atoms with Crippen molar-refractivity contribution < 1.29 is 14.5 Å². The second-order valence-corrected chi connectivity index (χ2v) is 5.92. The molecule has 0 radical (unpaired) electrons. The lowest BCUT2D eigenvalue weighted by molar-refractivity contribution is -0.385. The minimum absolute atomic E-state index is 0.0817. The number of hydrogen-bond donors (Lipinski definition) is 2. The fourth-order valence-electron chi connectivity index (χ4n) is 2.83. The summed E-state index contributed by atoms with van der Waals surface area (Å²) >= 11 is 0. The van der Waals surface area contributed by atoms with Crippen molar-refractivity contribution in [1.82, 2.24) is 15.5 Å². The molecule has 1 aliphatic heterocycles. The molecule has 142 valence electrons. The fraction of sp³-hybridized carbons (Fsp3) is 0.529. The third-order valence-electron chi connectivity index (χ3n) is 4.22. The normalized spacial score (nSPS) is 15.5. The molecule has 0 unspecified atom stereocenters. The van der Waals surface area contributed by atoms with Gasteiger partial charge in [-0.05, 0) is 19.8 Å². The third kappa shape index (κ3) is 5.33. The van der Waals surface area contributed by atoms with E-state index in [0.717, 1.165) is 12.8 Å². The number of nitrogens with one attached hydrogen (secondary N) is 2. The van der Waals surface area contributed by atoms with Crippen LogP contribution in [0.1, 0.15) is 25.3 Å². The molecule has 1 fully saturated rings. The van der Waals surface area contributed by atoms with E-state index in [0.29, 0.717) is 37.8 Å². The van der Waals surface area contributed by atoms with Crippen LogP contribution in [0.4, 0.5) is 10.5 Å². The van der Waals surface area contributed by atoms with Crippen LogP contribution in [-0.2, 0) is 11.3 Å². The Hall–Kier alpha value is -2.84. The van der Waals surface area contributed by atoms with Crippen LogP contribution >= 0.6 is 0 Å². The van der Waals surface area contributed by atoms with Gasteiger partial charge in [-0.2, -0.15) is 0 Å². The van der Waals surface area contributed by atoms with Crippen molar-refractivity contribution in [1.29, 1.82) is 0 Å². The zero-order valence-electron chi connectivity index (χ0n) is 15.1. The summed E-state index contributed by atoms with van der Waals surface area (Å²) in [6.45, 7) is 3.71. The minimum Gasteiger partial charge on any atom is -0.450 e. The summed E-state index contributed by atoms with van der Waals surface area (Å²) in [5, 5.41) is 17.5. The highest BCUT2D eigenvalue weighted by atomic mass is 16.6. The summed E-state index contributed by atoms with van der Waals surface area (Å²) in [5.74, 6) is 0.581. The molecule has 1 heterocycles. The van der Waals surface area contributed by atoms with Gasteiger partial charge in [-0.15, -0.1) is 0 Å². The first kappa shape index (κ1) is 19.5. The van der Waals surface area contributed by atoms with Crippen molar-refractivity contribution in [2.75, 3.05) is 26.7 Å². The van der Waals surface area contributed by atoms with Gasteiger partial charge in [0.1, 0.15) is 0 Å². The Labute approximate surface area is 152 Å². The number of likely N-dealkylation sites (tertiary alicyclic amines) is 1. The topological polar surface area (TPSA) is 109 Å². The second kappa shape index (κ2) is 9.59. The zero-order chi connectivity index (χ0) is 18.9. The number of para-hydroxylation sites is 1. The molecular weight excluding hydrogens is 338 g/mol. The van der Waals surface area contributed by atoms with Crippen LogP contribution in [0.25, 0.3) is 0 Å². The SMILES string of the molecule is CCOC(=O)N1CCC(NC(=NC)NCc2ccccc2[N+](=O)[O-])CC1. The lowest BCUT2D eigenvalue weighted by Gasteiger charge is -2.32. The summed E-state index contributed by atoms with van der Waals surface area (Å²) in [6, 6.07) is 6.80. The van der Waals surface area contributed by atoms with Crippen LogP contribution < -0.4 is 10.6 Å². The van der Waals surface area contributed by atoms with Crippen LogP contribution in [0.15, 0.2) is 29.3 Å². The molecule has 0 saturated carbocycles. The lowest BCUT2D eigenvalue weighted by atomic mass is 10.1. The number of nitrogens with zero attached hydrogens (tertiary/aromatic N) is 3. The van der Waals surface area contributed by atoms with Gasteiger partial charge in [0.2, 0.25) is 0 Å². The van der Waals surface area contributed by atoms with E-state index in [-0.39, 0.29) is 17.8 Å². The Morgan fingerprint density at radius 3 is 2.69 bits per heavy atom. The van der Waals surface area contributed by atoms with Gasteiger partial charge in [0.25, 0.3) is 5.69 Å². The van der Waals surface area contributed by atoms with Gasteiger partial charge in [-0.3, -0.25) is 15.1 Å². The van der Waals surface area contributed by atoms with Crippen LogP contribution in [0.3, 0.4) is 0 Å². The van der Waals surface area contributed by atoms with Crippen molar-refractivity contribution in [3.05, 3.63) is 39.9 Å². The molecular formula is C17H25N5O4. The van der Waals surface area contributed by atoms with Crippen molar-refractivity contribution in [3.63, 3.8) is 0 Å². The molecule has 0 spiro atoms. The van der Waals surface area contributed by atoms with Gasteiger partial charge in [0, 0.05) is 44.4 Å². The molecule has 26 heavy (non-hydrogen) atoms. The summed E-state index contributed by atoms with van der Waals surface area (Å²) in [4.78, 5) is 28.3. The standard InChI is InChI=1S/C17H25N5O4/c1-3-26-17(23)21-10-8-14(9-11-21)20-16(18-2)19-12-13-6-4-5-7-15(13)22(24)25/h4-7,14H,3,8-12H2,1-2H3,(H2,18,19,20). The number of piperidine rings is 1. The van der Waals surface area contributed by atoms with Gasteiger partial charge < -0.3 is 20.3 Å². The largest absolute Gasteiger partial charge is 0.450 e. The zero-order valence-corrected chi connectivity index (χ0v) is 15.1. The molecule has 2 N–H and O–H groups in total. The number of carbonyl (C=O) groups excluding carboxylic acids is 1. The molecule has 1 saturated heterocycles. The summed E-state index contributed by atoms with van der Waals surface area (Å²) in [5.41, 5.74) is 0.677. The van der Waals surface area contributed by atoms with Gasteiger partial charge in [-0.1, -0.05) is 18.2 Å². The van der Waals surface area contributed by atoms with Gasteiger partial charge in [-0.25, -0.2) is 4.79 Å². The van der Waals surface area contributed by atoms with E-state index in [1.807, 2.05) is 0 Å². The number of benzene rings is 1. The van der Waals surface area contributed by atoms with Gasteiger partial charge in [0.05, 0.1) is 11.5 Å². The van der Waals surface area contributed by atoms with Crippen molar-refractivity contribution in [2.45, 2.75) is 32.4 Å². The molecule has 9 heteroatoms. The number of ether oxygens (including phenoxy) is 1. The number of guanidine groups is 1. The Morgan fingerprint density at radius 2 is 2.08 bits per heavy atom. The average Bonchev–Trinajstić information content (AvgIpc) is 2.66. The fourth-order valence-corrected chi connectivity index (χ4v) is 2.83. The molecule has 0 aromatic heterocycles. The maximum atomic E-state index is 11.7. The van der Waals surface area contributed by atoms with E-state index >= 15 is 0 Å². The molecule has 0 aliphatic carbocycles. The molecule has 1 amide bonds. The summed E-state index contributed by atoms with van der Waals surface area (Å²) in [7, 11) is 1.66.